The first-order valence-corrected chi connectivity index (χ1v) is 16.2. The fourth-order valence-corrected chi connectivity index (χ4v) is 5.86. The smallest absolute Gasteiger partial charge is 0.243 e. The molecule has 0 unspecified atom stereocenters. The summed E-state index contributed by atoms with van der Waals surface area (Å²) in [6, 6.07) is 24.0. The maximum atomic E-state index is 12.3. The summed E-state index contributed by atoms with van der Waals surface area (Å²) in [4.78, 5) is 23.3. The Morgan fingerprint density at radius 3 is 2.25 bits per heavy atom. The summed E-state index contributed by atoms with van der Waals surface area (Å²) in [6.07, 6.45) is 2.68. The zero-order chi connectivity index (χ0) is 31.1. The average molecular weight is 623 g/mol. The number of hydroxylamine groups is 1. The molecule has 10 heteroatoms. The Hall–Kier alpha value is -3.25. The van der Waals surface area contributed by atoms with Crippen LogP contribution in [-0.2, 0) is 32.2 Å². The second kappa shape index (κ2) is 17.9. The van der Waals surface area contributed by atoms with Gasteiger partial charge in [0.25, 0.3) is 0 Å². The molecule has 3 atom stereocenters. The maximum absolute atomic E-state index is 12.3. The Kier molecular flexibility index (Phi) is 13.7. The number of aliphatic hydroxyl groups excluding tert-OH is 2. The number of hydrogen-bond donors (Lipinski definition) is 5. The minimum Gasteiger partial charge on any atom is -0.396 e. The molecule has 44 heavy (non-hydrogen) atoms. The van der Waals surface area contributed by atoms with Crippen LogP contribution in [-0.4, -0.2) is 51.5 Å². The summed E-state index contributed by atoms with van der Waals surface area (Å²) in [6.45, 7) is 0.559. The van der Waals surface area contributed by atoms with Crippen LogP contribution in [0, 0.1) is 0 Å². The fraction of sp³-hybridized carbons (Fsp3) is 0.412. The van der Waals surface area contributed by atoms with Gasteiger partial charge in [-0.05, 0) is 46.7 Å². The second-order valence-electron chi connectivity index (χ2n) is 10.8. The number of aliphatic hydroxyl groups is 2. The molecule has 0 saturated carbocycles. The third-order valence-electron chi connectivity index (χ3n) is 7.52. The number of rotatable bonds is 16. The van der Waals surface area contributed by atoms with Crippen molar-refractivity contribution in [2.75, 3.05) is 18.1 Å². The highest BCUT2D eigenvalue weighted by Gasteiger charge is 2.32. The van der Waals surface area contributed by atoms with Crippen LogP contribution in [0.5, 0.6) is 0 Å². The van der Waals surface area contributed by atoms with E-state index in [1.54, 1.807) is 17.2 Å². The lowest BCUT2D eigenvalue weighted by atomic mass is 9.99. The number of thioether (sulfide) groups is 1. The van der Waals surface area contributed by atoms with Crippen molar-refractivity contribution in [2.45, 2.75) is 70.2 Å². The van der Waals surface area contributed by atoms with E-state index in [0.29, 0.717) is 38.0 Å². The van der Waals surface area contributed by atoms with Crippen LogP contribution in [0.4, 0.5) is 0 Å². The van der Waals surface area contributed by atoms with Crippen LogP contribution < -0.4 is 10.8 Å². The zero-order valence-electron chi connectivity index (χ0n) is 24.8. The van der Waals surface area contributed by atoms with Gasteiger partial charge in [0, 0.05) is 42.9 Å². The third kappa shape index (κ3) is 10.4. The molecule has 0 bridgehead atoms. The standard InChI is InChI=1S/C34H42N2O7S/c37-17-18-44-23-30-20-31(27-11-9-24(22-38)10-12-27)43-34(42-30)28-15-13-26(14-16-28)29-6-4-5-25(19-29)21-35-32(39)7-2-1-3-8-33(40)36-41/h4-6,9-16,19,30-31,34,37-38,41H,1-3,7-8,17-18,20-23H2,(H,35,39)(H,36,40)/t30-,31+,34+/m1/s1. The van der Waals surface area contributed by atoms with E-state index in [1.807, 2.05) is 66.7 Å². The van der Waals surface area contributed by atoms with Gasteiger partial charge in [0.1, 0.15) is 0 Å². The first-order valence-electron chi connectivity index (χ1n) is 15.1. The summed E-state index contributed by atoms with van der Waals surface area (Å²) in [5.74, 6) is 0.977. The maximum Gasteiger partial charge on any atom is 0.243 e. The largest absolute Gasteiger partial charge is 0.396 e. The molecule has 3 aromatic rings. The van der Waals surface area contributed by atoms with Gasteiger partial charge in [0.15, 0.2) is 6.29 Å². The van der Waals surface area contributed by atoms with E-state index in [1.165, 1.54) is 0 Å². The molecule has 4 rings (SSSR count). The van der Waals surface area contributed by atoms with Gasteiger partial charge >= 0.3 is 0 Å². The second-order valence-corrected chi connectivity index (χ2v) is 12.0. The molecule has 5 N–H and O–H groups in total. The predicted octanol–water partition coefficient (Wildman–Crippen LogP) is 5.19. The van der Waals surface area contributed by atoms with E-state index in [-0.39, 0.29) is 37.7 Å². The highest BCUT2D eigenvalue weighted by atomic mass is 32.2. The predicted molar refractivity (Wildman–Crippen MR) is 170 cm³/mol. The molecule has 236 valence electrons. The van der Waals surface area contributed by atoms with Crippen molar-refractivity contribution in [1.29, 1.82) is 0 Å². The van der Waals surface area contributed by atoms with Gasteiger partial charge in [-0.3, -0.25) is 14.8 Å². The number of amides is 2. The SMILES string of the molecule is O=C(CCCCCC(=O)NCc1cccc(-c2ccc([C@H]3O[C@@H](CSCCO)C[C@@H](c4ccc(CO)cc4)O3)cc2)c1)NO. The van der Waals surface area contributed by atoms with Gasteiger partial charge in [-0.1, -0.05) is 73.2 Å². The highest BCUT2D eigenvalue weighted by Crippen LogP contribution is 2.39. The van der Waals surface area contributed by atoms with Crippen LogP contribution in [0.25, 0.3) is 11.1 Å². The van der Waals surface area contributed by atoms with E-state index in [4.69, 9.17) is 14.7 Å². The Morgan fingerprint density at radius 2 is 1.55 bits per heavy atom. The monoisotopic (exact) mass is 622 g/mol. The molecule has 3 aromatic carbocycles. The van der Waals surface area contributed by atoms with Crippen molar-refractivity contribution in [3.05, 3.63) is 95.1 Å². The number of nitrogens with one attached hydrogen (secondary N) is 2. The number of carbonyl (C=O) groups excluding carboxylic acids is 2. The van der Waals surface area contributed by atoms with Crippen LogP contribution in [0.2, 0.25) is 0 Å². The zero-order valence-corrected chi connectivity index (χ0v) is 25.6. The van der Waals surface area contributed by atoms with Crippen molar-refractivity contribution >= 4 is 23.6 Å². The first-order chi connectivity index (χ1) is 21.5. The number of unbranched alkanes of at least 4 members (excludes halogenated alkanes) is 2. The number of hydrogen-bond acceptors (Lipinski definition) is 8. The molecule has 0 spiro atoms. The van der Waals surface area contributed by atoms with Gasteiger partial charge in [0.2, 0.25) is 11.8 Å². The molecule has 1 saturated heterocycles. The molecule has 1 aliphatic heterocycles. The van der Waals surface area contributed by atoms with Crippen molar-refractivity contribution in [3.63, 3.8) is 0 Å². The Morgan fingerprint density at radius 1 is 0.818 bits per heavy atom. The lowest BCUT2D eigenvalue weighted by Gasteiger charge is -2.36. The Labute approximate surface area is 262 Å². The number of benzene rings is 3. The Balaban J connectivity index is 1.35. The van der Waals surface area contributed by atoms with Crippen molar-refractivity contribution in [1.82, 2.24) is 10.8 Å². The molecule has 0 aromatic heterocycles. The third-order valence-corrected chi connectivity index (χ3v) is 8.60. The van der Waals surface area contributed by atoms with Crippen LogP contribution in [0.1, 0.15) is 73.2 Å². The molecule has 1 aliphatic rings. The van der Waals surface area contributed by atoms with E-state index < -0.39 is 12.2 Å². The fourth-order valence-electron chi connectivity index (χ4n) is 5.09. The molecule has 1 heterocycles. The minimum atomic E-state index is -0.534. The first kappa shape index (κ1) is 33.6. The van der Waals surface area contributed by atoms with Gasteiger partial charge in [0.05, 0.1) is 25.4 Å². The van der Waals surface area contributed by atoms with Crippen molar-refractivity contribution in [3.8, 4) is 11.1 Å². The number of ether oxygens (including phenoxy) is 2. The molecule has 2 amide bonds. The highest BCUT2D eigenvalue weighted by molar-refractivity contribution is 7.99. The summed E-state index contributed by atoms with van der Waals surface area (Å²) in [5, 5.41) is 30.1. The summed E-state index contributed by atoms with van der Waals surface area (Å²) in [7, 11) is 0. The van der Waals surface area contributed by atoms with Crippen molar-refractivity contribution < 1.29 is 34.5 Å². The lowest BCUT2D eigenvalue weighted by Crippen LogP contribution is -2.31. The quantitative estimate of drug-likeness (QED) is 0.0837. The van der Waals surface area contributed by atoms with E-state index in [0.717, 1.165) is 45.6 Å². The van der Waals surface area contributed by atoms with Crippen LogP contribution in [0.15, 0.2) is 72.8 Å². The summed E-state index contributed by atoms with van der Waals surface area (Å²) in [5.41, 5.74) is 7.50. The van der Waals surface area contributed by atoms with E-state index >= 15 is 0 Å². The van der Waals surface area contributed by atoms with Gasteiger partial charge < -0.3 is 25.0 Å². The summed E-state index contributed by atoms with van der Waals surface area (Å²) >= 11 is 1.66. The average Bonchev–Trinajstić information content (AvgIpc) is 3.07. The van der Waals surface area contributed by atoms with Gasteiger partial charge in [-0.15, -0.1) is 0 Å². The molecule has 1 fully saturated rings. The summed E-state index contributed by atoms with van der Waals surface area (Å²) < 4.78 is 12.8. The van der Waals surface area contributed by atoms with E-state index in [2.05, 4.69) is 11.4 Å². The van der Waals surface area contributed by atoms with E-state index in [9.17, 15) is 19.8 Å². The normalized spacial score (nSPS) is 18.1. The van der Waals surface area contributed by atoms with Crippen LogP contribution in [0.3, 0.4) is 0 Å². The molecular weight excluding hydrogens is 580 g/mol. The van der Waals surface area contributed by atoms with Gasteiger partial charge in [-0.2, -0.15) is 11.8 Å². The van der Waals surface area contributed by atoms with Gasteiger partial charge in [-0.25, -0.2) is 5.48 Å². The Bertz CT molecular complexity index is 1320. The molecular formula is C34H42N2O7S. The topological polar surface area (TPSA) is 137 Å². The number of carbonyl (C=O) groups is 2. The van der Waals surface area contributed by atoms with Crippen LogP contribution >= 0.6 is 11.8 Å². The van der Waals surface area contributed by atoms with Crippen molar-refractivity contribution in [2.24, 2.45) is 0 Å². The molecule has 0 aliphatic carbocycles. The lowest BCUT2D eigenvalue weighted by molar-refractivity contribution is -0.245. The molecule has 9 nitrogen and oxygen atoms in total. The minimum absolute atomic E-state index is 0.00161. The molecule has 0 radical (unpaired) electrons.